The van der Waals surface area contributed by atoms with Crippen molar-refractivity contribution in [2.24, 2.45) is 0 Å². The van der Waals surface area contributed by atoms with Crippen LogP contribution in [0.1, 0.15) is 56.2 Å². The normalized spacial score (nSPS) is 12.8. The van der Waals surface area contributed by atoms with Crippen molar-refractivity contribution in [3.63, 3.8) is 0 Å². The summed E-state index contributed by atoms with van der Waals surface area (Å²) in [5, 5.41) is 0. The third-order valence-corrected chi connectivity index (χ3v) is 4.92. The second-order valence-electron chi connectivity index (χ2n) is 4.68. The number of rotatable bonds is 5. The molecule has 1 aromatic carbocycles. The summed E-state index contributed by atoms with van der Waals surface area (Å²) >= 11 is 6.61. The number of hydrogen-bond donors (Lipinski definition) is 1. The molecule has 1 unspecified atom stereocenters. The third kappa shape index (κ3) is 3.23. The maximum Gasteiger partial charge on any atom is 0.0118 e. The molecule has 0 spiro atoms. The van der Waals surface area contributed by atoms with Gasteiger partial charge in [-0.1, -0.05) is 27.2 Å². The first-order valence-electron chi connectivity index (χ1n) is 6.46. The highest BCUT2D eigenvalue weighted by Crippen LogP contribution is 2.36. The van der Waals surface area contributed by atoms with Gasteiger partial charge in [0.2, 0.25) is 0 Å². The minimum absolute atomic E-state index is 0.610. The summed E-state index contributed by atoms with van der Waals surface area (Å²) in [6.07, 6.45) is 5.70. The topological polar surface area (TPSA) is 0 Å². The Bertz CT molecular complexity index is 383. The van der Waals surface area contributed by atoms with E-state index in [1.807, 2.05) is 11.8 Å². The van der Waals surface area contributed by atoms with Crippen molar-refractivity contribution in [2.75, 3.05) is 6.26 Å². The monoisotopic (exact) mass is 268 g/mol. The maximum atomic E-state index is 4.78. The molecule has 0 aliphatic rings. The van der Waals surface area contributed by atoms with E-state index in [1.54, 1.807) is 0 Å². The highest BCUT2D eigenvalue weighted by Gasteiger charge is 2.16. The summed E-state index contributed by atoms with van der Waals surface area (Å²) < 4.78 is 0. The zero-order chi connectivity index (χ0) is 13.0. The SMILES string of the molecule is CCCc1cc(SC)c(C)c(S)c1C(C)CC. The molecule has 0 heterocycles. The number of benzene rings is 1. The number of aryl methyl sites for hydroxylation is 1. The van der Waals surface area contributed by atoms with Crippen LogP contribution < -0.4 is 0 Å². The van der Waals surface area contributed by atoms with E-state index in [9.17, 15) is 0 Å². The molecule has 0 saturated heterocycles. The molecule has 2 heteroatoms. The van der Waals surface area contributed by atoms with E-state index in [2.05, 4.69) is 40.0 Å². The quantitative estimate of drug-likeness (QED) is 0.545. The lowest BCUT2D eigenvalue weighted by Gasteiger charge is -2.21. The molecule has 0 amide bonds. The molecule has 0 bridgehead atoms. The summed E-state index contributed by atoms with van der Waals surface area (Å²) in [6.45, 7) is 9.00. The largest absolute Gasteiger partial charge is 0.143 e. The predicted octanol–water partition coefficient (Wildman–Crippen LogP) is 5.47. The molecule has 0 radical (unpaired) electrons. The molecule has 0 saturated carbocycles. The average Bonchev–Trinajstić information content (AvgIpc) is 2.33. The molecule has 96 valence electrons. The van der Waals surface area contributed by atoms with Gasteiger partial charge >= 0.3 is 0 Å². The summed E-state index contributed by atoms with van der Waals surface area (Å²) in [4.78, 5) is 2.60. The standard InChI is InChI=1S/C15H24S2/c1-6-8-12-9-13(17-5)11(4)15(16)14(12)10(3)7-2/h9-10,16H,6-8H2,1-5H3. The summed E-state index contributed by atoms with van der Waals surface area (Å²) in [7, 11) is 0. The molecular weight excluding hydrogens is 244 g/mol. The Morgan fingerprint density at radius 1 is 1.35 bits per heavy atom. The second-order valence-corrected chi connectivity index (χ2v) is 5.98. The molecule has 17 heavy (non-hydrogen) atoms. The lowest BCUT2D eigenvalue weighted by Crippen LogP contribution is -2.03. The summed E-state index contributed by atoms with van der Waals surface area (Å²) in [5.74, 6) is 0.610. The molecule has 0 fully saturated rings. The van der Waals surface area contributed by atoms with Crippen LogP contribution in [-0.4, -0.2) is 6.26 Å². The average molecular weight is 268 g/mol. The Kier molecular flexibility index (Phi) is 5.94. The van der Waals surface area contributed by atoms with Crippen molar-refractivity contribution in [1.29, 1.82) is 0 Å². The number of thiol groups is 1. The van der Waals surface area contributed by atoms with E-state index in [-0.39, 0.29) is 0 Å². The van der Waals surface area contributed by atoms with E-state index >= 15 is 0 Å². The molecule has 0 aliphatic carbocycles. The maximum absolute atomic E-state index is 4.78. The molecule has 1 aromatic rings. The van der Waals surface area contributed by atoms with E-state index in [1.165, 1.54) is 45.7 Å². The third-order valence-electron chi connectivity index (χ3n) is 3.48. The van der Waals surface area contributed by atoms with E-state index in [0.29, 0.717) is 5.92 Å². The highest BCUT2D eigenvalue weighted by atomic mass is 32.2. The molecular formula is C15H24S2. The second kappa shape index (κ2) is 6.75. The van der Waals surface area contributed by atoms with Crippen LogP contribution >= 0.6 is 24.4 Å². The first-order chi connectivity index (χ1) is 8.06. The van der Waals surface area contributed by atoms with Gasteiger partial charge in [-0.15, -0.1) is 24.4 Å². The van der Waals surface area contributed by atoms with Gasteiger partial charge in [0.1, 0.15) is 0 Å². The molecule has 0 aromatic heterocycles. The van der Waals surface area contributed by atoms with Crippen molar-refractivity contribution in [3.05, 3.63) is 22.8 Å². The van der Waals surface area contributed by atoms with Crippen LogP contribution in [-0.2, 0) is 6.42 Å². The van der Waals surface area contributed by atoms with Crippen LogP contribution in [0.3, 0.4) is 0 Å². The van der Waals surface area contributed by atoms with Gasteiger partial charge in [0.05, 0.1) is 0 Å². The van der Waals surface area contributed by atoms with Gasteiger partial charge in [-0.3, -0.25) is 0 Å². The Hall–Kier alpha value is -0.0800. The van der Waals surface area contributed by atoms with Gasteiger partial charge in [-0.2, -0.15) is 0 Å². The van der Waals surface area contributed by atoms with Gasteiger partial charge in [0.15, 0.2) is 0 Å². The molecule has 1 atom stereocenters. The van der Waals surface area contributed by atoms with E-state index in [4.69, 9.17) is 12.6 Å². The van der Waals surface area contributed by atoms with Gasteiger partial charge in [-0.05, 0) is 54.7 Å². The van der Waals surface area contributed by atoms with E-state index < -0.39 is 0 Å². The Balaban J connectivity index is 3.38. The van der Waals surface area contributed by atoms with Crippen molar-refractivity contribution in [3.8, 4) is 0 Å². The smallest absolute Gasteiger partial charge is 0.0118 e. The van der Waals surface area contributed by atoms with Gasteiger partial charge in [0.25, 0.3) is 0 Å². The first-order valence-corrected chi connectivity index (χ1v) is 8.13. The lowest BCUT2D eigenvalue weighted by atomic mass is 9.90. The minimum Gasteiger partial charge on any atom is -0.143 e. The van der Waals surface area contributed by atoms with Crippen molar-refractivity contribution >= 4 is 24.4 Å². The first kappa shape index (κ1) is 15.0. The van der Waals surface area contributed by atoms with Crippen molar-refractivity contribution in [2.45, 2.75) is 62.7 Å². The van der Waals surface area contributed by atoms with Crippen LogP contribution in [0.4, 0.5) is 0 Å². The van der Waals surface area contributed by atoms with Crippen molar-refractivity contribution in [1.82, 2.24) is 0 Å². The van der Waals surface area contributed by atoms with Gasteiger partial charge in [-0.25, -0.2) is 0 Å². The zero-order valence-electron chi connectivity index (χ0n) is 11.6. The fourth-order valence-electron chi connectivity index (χ4n) is 2.26. The fourth-order valence-corrected chi connectivity index (χ4v) is 3.49. The Morgan fingerprint density at radius 3 is 2.47 bits per heavy atom. The molecule has 1 rings (SSSR count). The number of hydrogen-bond acceptors (Lipinski definition) is 2. The van der Waals surface area contributed by atoms with Crippen LogP contribution in [0.2, 0.25) is 0 Å². The fraction of sp³-hybridized carbons (Fsp3) is 0.600. The van der Waals surface area contributed by atoms with Crippen LogP contribution in [0.5, 0.6) is 0 Å². The van der Waals surface area contributed by atoms with E-state index in [0.717, 1.165) is 0 Å². The van der Waals surface area contributed by atoms with Crippen LogP contribution in [0.25, 0.3) is 0 Å². The predicted molar refractivity (Wildman–Crippen MR) is 82.9 cm³/mol. The molecule has 0 aliphatic heterocycles. The molecule has 0 N–H and O–H groups in total. The zero-order valence-corrected chi connectivity index (χ0v) is 13.3. The number of thioether (sulfide) groups is 1. The Labute approximate surface area is 116 Å². The van der Waals surface area contributed by atoms with Crippen LogP contribution in [0.15, 0.2) is 15.9 Å². The lowest BCUT2D eigenvalue weighted by molar-refractivity contribution is 0.698. The van der Waals surface area contributed by atoms with Gasteiger partial charge in [0, 0.05) is 9.79 Å². The summed E-state index contributed by atoms with van der Waals surface area (Å²) in [5.41, 5.74) is 4.32. The highest BCUT2D eigenvalue weighted by molar-refractivity contribution is 7.98. The summed E-state index contributed by atoms with van der Waals surface area (Å²) in [6, 6.07) is 2.38. The van der Waals surface area contributed by atoms with Gasteiger partial charge < -0.3 is 0 Å². The Morgan fingerprint density at radius 2 is 2.00 bits per heavy atom. The van der Waals surface area contributed by atoms with Crippen molar-refractivity contribution < 1.29 is 0 Å². The van der Waals surface area contributed by atoms with Crippen LogP contribution in [0, 0.1) is 6.92 Å². The molecule has 0 nitrogen and oxygen atoms in total. The minimum atomic E-state index is 0.610.